The van der Waals surface area contributed by atoms with Crippen molar-refractivity contribution in [2.75, 3.05) is 32.8 Å². The monoisotopic (exact) mass is 294 g/mol. The minimum Gasteiger partial charge on any atom is -0.368 e. The molecule has 20 heavy (non-hydrogen) atoms. The first kappa shape index (κ1) is 15.6. The molecule has 2 rings (SSSR count). The fourth-order valence-electron chi connectivity index (χ4n) is 2.71. The van der Waals surface area contributed by atoms with Gasteiger partial charge in [-0.15, -0.1) is 0 Å². The van der Waals surface area contributed by atoms with E-state index in [9.17, 15) is 18.0 Å². The number of nitrogens with one attached hydrogen (secondary N) is 1. The van der Waals surface area contributed by atoms with Gasteiger partial charge in [0, 0.05) is 13.1 Å². The number of hydrogen-bond donors (Lipinski definition) is 1. The van der Waals surface area contributed by atoms with E-state index >= 15 is 0 Å². The number of alkyl halides is 3. The number of likely N-dealkylation sites (tertiary alicyclic amines) is 1. The fraction of sp³-hybridized carbons (Fsp3) is 0.923. The Kier molecular flexibility index (Phi) is 5.26. The predicted octanol–water partition coefficient (Wildman–Crippen LogP) is 1.56. The number of hydrogen-bond acceptors (Lipinski definition) is 3. The average Bonchev–Trinajstić information content (AvgIpc) is 2.45. The average molecular weight is 294 g/mol. The molecule has 0 aromatic carbocycles. The van der Waals surface area contributed by atoms with Crippen LogP contribution < -0.4 is 5.32 Å². The Morgan fingerprint density at radius 3 is 2.60 bits per heavy atom. The normalized spacial score (nSPS) is 25.8. The van der Waals surface area contributed by atoms with Gasteiger partial charge < -0.3 is 15.0 Å². The second-order valence-corrected chi connectivity index (χ2v) is 5.48. The number of amides is 1. The van der Waals surface area contributed by atoms with Crippen molar-refractivity contribution in [3.63, 3.8) is 0 Å². The van der Waals surface area contributed by atoms with Gasteiger partial charge in [-0.2, -0.15) is 13.2 Å². The van der Waals surface area contributed by atoms with Crippen LogP contribution in [-0.2, 0) is 9.53 Å². The zero-order valence-corrected chi connectivity index (χ0v) is 11.4. The summed E-state index contributed by atoms with van der Waals surface area (Å²) < 4.78 is 43.5. The summed E-state index contributed by atoms with van der Waals surface area (Å²) in [4.78, 5) is 13.2. The van der Waals surface area contributed by atoms with Crippen molar-refractivity contribution in [1.82, 2.24) is 10.2 Å². The van der Waals surface area contributed by atoms with Crippen molar-refractivity contribution >= 4 is 5.91 Å². The van der Waals surface area contributed by atoms with Gasteiger partial charge in [-0.3, -0.25) is 4.79 Å². The van der Waals surface area contributed by atoms with E-state index in [-0.39, 0.29) is 31.6 Å². The summed E-state index contributed by atoms with van der Waals surface area (Å²) in [5.41, 5.74) is 0. The molecule has 0 aromatic rings. The second-order valence-electron chi connectivity index (χ2n) is 5.48. The summed E-state index contributed by atoms with van der Waals surface area (Å²) in [7, 11) is 0. The van der Waals surface area contributed by atoms with Crippen molar-refractivity contribution in [2.45, 2.75) is 38.0 Å². The summed E-state index contributed by atoms with van der Waals surface area (Å²) in [5, 5.41) is 3.19. The molecular weight excluding hydrogens is 273 g/mol. The standard InChI is InChI=1S/C13H21F3N2O2/c14-13(15,16)10-2-1-7-18(8-10)12(19)9-20-11-3-5-17-6-4-11/h10-11,17H,1-9H2. The Labute approximate surface area is 116 Å². The van der Waals surface area contributed by atoms with E-state index in [1.165, 1.54) is 4.90 Å². The predicted molar refractivity (Wildman–Crippen MR) is 67.2 cm³/mol. The quantitative estimate of drug-likeness (QED) is 0.859. The van der Waals surface area contributed by atoms with Crippen LogP contribution in [0.5, 0.6) is 0 Å². The van der Waals surface area contributed by atoms with E-state index in [1.54, 1.807) is 0 Å². The molecule has 7 heteroatoms. The molecule has 4 nitrogen and oxygen atoms in total. The van der Waals surface area contributed by atoms with Gasteiger partial charge in [0.15, 0.2) is 0 Å². The molecule has 0 aliphatic carbocycles. The number of carbonyl (C=O) groups is 1. The van der Waals surface area contributed by atoms with Gasteiger partial charge in [0.1, 0.15) is 6.61 Å². The van der Waals surface area contributed by atoms with Crippen molar-refractivity contribution < 1.29 is 22.7 Å². The molecule has 2 aliphatic rings. The highest BCUT2D eigenvalue weighted by Gasteiger charge is 2.42. The summed E-state index contributed by atoms with van der Waals surface area (Å²) in [6.07, 6.45) is -1.96. The van der Waals surface area contributed by atoms with Crippen LogP contribution in [0.25, 0.3) is 0 Å². The lowest BCUT2D eigenvalue weighted by molar-refractivity contribution is -0.189. The fourth-order valence-corrected chi connectivity index (χ4v) is 2.71. The summed E-state index contributed by atoms with van der Waals surface area (Å²) in [6, 6.07) is 0. The molecule has 2 heterocycles. The minimum atomic E-state index is -4.21. The molecule has 0 radical (unpaired) electrons. The highest BCUT2D eigenvalue weighted by molar-refractivity contribution is 5.77. The van der Waals surface area contributed by atoms with E-state index < -0.39 is 12.1 Å². The third-order valence-corrected chi connectivity index (χ3v) is 3.97. The van der Waals surface area contributed by atoms with Crippen molar-refractivity contribution in [3.05, 3.63) is 0 Å². The van der Waals surface area contributed by atoms with Crippen molar-refractivity contribution in [3.8, 4) is 0 Å². The smallest absolute Gasteiger partial charge is 0.368 e. The SMILES string of the molecule is O=C(COC1CCNCC1)N1CCCC(C(F)(F)F)C1. The van der Waals surface area contributed by atoms with Crippen molar-refractivity contribution in [2.24, 2.45) is 5.92 Å². The Bertz CT molecular complexity index is 330. The van der Waals surface area contributed by atoms with E-state index in [0.29, 0.717) is 13.0 Å². The van der Waals surface area contributed by atoms with E-state index in [0.717, 1.165) is 25.9 Å². The molecule has 116 valence electrons. The Morgan fingerprint density at radius 1 is 1.25 bits per heavy atom. The van der Waals surface area contributed by atoms with Crippen LogP contribution in [0.15, 0.2) is 0 Å². The summed E-state index contributed by atoms with van der Waals surface area (Å²) >= 11 is 0. The van der Waals surface area contributed by atoms with Gasteiger partial charge in [0.05, 0.1) is 12.0 Å². The Morgan fingerprint density at radius 2 is 1.95 bits per heavy atom. The molecule has 0 spiro atoms. The van der Waals surface area contributed by atoms with Crippen molar-refractivity contribution in [1.29, 1.82) is 0 Å². The third-order valence-electron chi connectivity index (χ3n) is 3.97. The molecule has 0 aromatic heterocycles. The molecular formula is C13H21F3N2O2. The van der Waals surface area contributed by atoms with E-state index in [2.05, 4.69) is 5.32 Å². The molecule has 0 bridgehead atoms. The van der Waals surface area contributed by atoms with Crippen LogP contribution in [0.3, 0.4) is 0 Å². The highest BCUT2D eigenvalue weighted by Crippen LogP contribution is 2.33. The van der Waals surface area contributed by atoms with E-state index in [1.807, 2.05) is 0 Å². The van der Waals surface area contributed by atoms with Gasteiger partial charge in [0.2, 0.25) is 5.91 Å². The van der Waals surface area contributed by atoms with Gasteiger partial charge in [-0.1, -0.05) is 0 Å². The van der Waals surface area contributed by atoms with Gasteiger partial charge >= 0.3 is 6.18 Å². The maximum absolute atomic E-state index is 12.7. The first-order valence-corrected chi connectivity index (χ1v) is 7.13. The van der Waals surface area contributed by atoms with Gasteiger partial charge in [-0.05, 0) is 38.8 Å². The number of piperidine rings is 2. The zero-order chi connectivity index (χ0) is 14.6. The summed E-state index contributed by atoms with van der Waals surface area (Å²) in [6.45, 7) is 1.80. The zero-order valence-electron chi connectivity index (χ0n) is 11.4. The Hall–Kier alpha value is -0.820. The molecule has 1 amide bonds. The Balaban J connectivity index is 1.76. The molecule has 2 saturated heterocycles. The number of carbonyl (C=O) groups excluding carboxylic acids is 1. The van der Waals surface area contributed by atoms with Crippen LogP contribution in [-0.4, -0.2) is 55.9 Å². The third kappa shape index (κ3) is 4.34. The second kappa shape index (κ2) is 6.76. The maximum Gasteiger partial charge on any atom is 0.393 e. The molecule has 2 aliphatic heterocycles. The molecule has 1 unspecified atom stereocenters. The molecule has 2 fully saturated rings. The first-order valence-electron chi connectivity index (χ1n) is 7.13. The van der Waals surface area contributed by atoms with Gasteiger partial charge in [-0.25, -0.2) is 0 Å². The van der Waals surface area contributed by atoms with Crippen LogP contribution in [0.1, 0.15) is 25.7 Å². The number of ether oxygens (including phenoxy) is 1. The van der Waals surface area contributed by atoms with Crippen LogP contribution >= 0.6 is 0 Å². The maximum atomic E-state index is 12.7. The highest BCUT2D eigenvalue weighted by atomic mass is 19.4. The number of halogens is 3. The topological polar surface area (TPSA) is 41.6 Å². The number of nitrogens with zero attached hydrogens (tertiary/aromatic N) is 1. The minimum absolute atomic E-state index is 0.0448. The van der Waals surface area contributed by atoms with Gasteiger partial charge in [0.25, 0.3) is 0 Å². The lowest BCUT2D eigenvalue weighted by atomic mass is 9.97. The van der Waals surface area contributed by atoms with E-state index in [4.69, 9.17) is 4.74 Å². The number of rotatable bonds is 3. The molecule has 0 saturated carbocycles. The largest absolute Gasteiger partial charge is 0.393 e. The van der Waals surface area contributed by atoms with Crippen LogP contribution in [0.2, 0.25) is 0 Å². The molecule has 1 N–H and O–H groups in total. The lowest BCUT2D eigenvalue weighted by Crippen LogP contribution is -2.46. The van der Waals surface area contributed by atoms with Crippen LogP contribution in [0.4, 0.5) is 13.2 Å². The lowest BCUT2D eigenvalue weighted by Gasteiger charge is -2.34. The van der Waals surface area contributed by atoms with Crippen LogP contribution in [0, 0.1) is 5.92 Å². The first-order chi connectivity index (χ1) is 9.47. The summed E-state index contributed by atoms with van der Waals surface area (Å²) in [5.74, 6) is -1.71. The molecule has 1 atom stereocenters.